The highest BCUT2D eigenvalue weighted by Gasteiger charge is 2.04. The van der Waals surface area contributed by atoms with Crippen LogP contribution >= 0.6 is 11.6 Å². The van der Waals surface area contributed by atoms with Crippen molar-refractivity contribution in [3.05, 3.63) is 52.8 Å². The predicted molar refractivity (Wildman–Crippen MR) is 68.1 cm³/mol. The summed E-state index contributed by atoms with van der Waals surface area (Å²) in [5.41, 5.74) is 1.91. The first-order chi connectivity index (χ1) is 8.28. The third kappa shape index (κ3) is 3.49. The maximum Gasteiger partial charge on any atom is 0.133 e. The molecule has 2 aromatic rings. The van der Waals surface area contributed by atoms with E-state index in [0.717, 1.165) is 30.1 Å². The Balaban J connectivity index is 2.21. The molecule has 2 heterocycles. The van der Waals surface area contributed by atoms with Crippen LogP contribution in [0.5, 0.6) is 0 Å². The molecule has 0 radical (unpaired) electrons. The fraction of sp³-hybridized carbons (Fsp3) is 0.308. The molecule has 0 spiro atoms. The van der Waals surface area contributed by atoms with Crippen LogP contribution in [-0.2, 0) is 12.8 Å². The van der Waals surface area contributed by atoms with Gasteiger partial charge in [-0.15, -0.1) is 0 Å². The van der Waals surface area contributed by atoms with Gasteiger partial charge in [0.15, 0.2) is 0 Å². The molecule has 0 aliphatic carbocycles. The van der Waals surface area contributed by atoms with Crippen LogP contribution in [0.4, 0.5) is 0 Å². The van der Waals surface area contributed by atoms with Crippen LogP contribution in [0.25, 0.3) is 0 Å². The average Bonchev–Trinajstić information content (AvgIpc) is 2.30. The van der Waals surface area contributed by atoms with E-state index in [-0.39, 0.29) is 0 Å². The van der Waals surface area contributed by atoms with Gasteiger partial charge in [-0.05, 0) is 24.6 Å². The molecule has 2 aromatic heterocycles. The molecule has 0 unspecified atom stereocenters. The molecule has 0 aliphatic rings. The summed E-state index contributed by atoms with van der Waals surface area (Å²) < 4.78 is 0. The van der Waals surface area contributed by atoms with Gasteiger partial charge in [-0.2, -0.15) is 0 Å². The van der Waals surface area contributed by atoms with Crippen molar-refractivity contribution in [3.8, 4) is 0 Å². The van der Waals surface area contributed by atoms with Crippen LogP contribution in [0.2, 0.25) is 5.15 Å². The molecule has 0 N–H and O–H groups in total. The molecule has 3 nitrogen and oxygen atoms in total. The number of rotatable bonds is 4. The summed E-state index contributed by atoms with van der Waals surface area (Å²) in [6.45, 7) is 2.10. The molecule has 0 saturated heterocycles. The Bertz CT molecular complexity index is 485. The van der Waals surface area contributed by atoms with Gasteiger partial charge in [-0.3, -0.25) is 4.98 Å². The van der Waals surface area contributed by atoms with Gasteiger partial charge in [0.25, 0.3) is 0 Å². The Morgan fingerprint density at radius 3 is 2.76 bits per heavy atom. The van der Waals surface area contributed by atoms with Crippen LogP contribution in [0, 0.1) is 0 Å². The highest BCUT2D eigenvalue weighted by molar-refractivity contribution is 6.29. The van der Waals surface area contributed by atoms with Crippen molar-refractivity contribution in [2.75, 3.05) is 0 Å². The Hall–Kier alpha value is -1.48. The molecule has 88 valence electrons. The van der Waals surface area contributed by atoms with Gasteiger partial charge in [-0.1, -0.05) is 24.6 Å². The van der Waals surface area contributed by atoms with E-state index < -0.39 is 0 Å². The van der Waals surface area contributed by atoms with Crippen molar-refractivity contribution < 1.29 is 0 Å². The van der Waals surface area contributed by atoms with Gasteiger partial charge in [-0.25, -0.2) is 9.97 Å². The van der Waals surface area contributed by atoms with Crippen molar-refractivity contribution in [1.82, 2.24) is 15.0 Å². The van der Waals surface area contributed by atoms with E-state index in [2.05, 4.69) is 21.9 Å². The molecule has 0 saturated carbocycles. The number of aryl methyl sites for hydroxylation is 1. The zero-order chi connectivity index (χ0) is 12.1. The highest BCUT2D eigenvalue weighted by Crippen LogP contribution is 2.11. The van der Waals surface area contributed by atoms with Crippen molar-refractivity contribution in [3.63, 3.8) is 0 Å². The van der Waals surface area contributed by atoms with Gasteiger partial charge < -0.3 is 0 Å². The van der Waals surface area contributed by atoms with E-state index in [1.54, 1.807) is 12.3 Å². The predicted octanol–water partition coefficient (Wildman–Crippen LogP) is 3.07. The monoisotopic (exact) mass is 247 g/mol. The third-order valence-electron chi connectivity index (χ3n) is 2.36. The summed E-state index contributed by atoms with van der Waals surface area (Å²) in [5, 5.41) is 0.509. The number of hydrogen-bond donors (Lipinski definition) is 0. The Morgan fingerprint density at radius 1 is 1.18 bits per heavy atom. The number of hydrogen-bond acceptors (Lipinski definition) is 3. The van der Waals surface area contributed by atoms with Gasteiger partial charge in [0, 0.05) is 24.7 Å². The minimum Gasteiger partial charge on any atom is -0.261 e. The lowest BCUT2D eigenvalue weighted by molar-refractivity contribution is 0.815. The maximum atomic E-state index is 5.98. The van der Waals surface area contributed by atoms with Crippen LogP contribution in [0.3, 0.4) is 0 Å². The van der Waals surface area contributed by atoms with Crippen LogP contribution in [0.15, 0.2) is 30.5 Å². The quantitative estimate of drug-likeness (QED) is 0.780. The molecule has 0 atom stereocenters. The first-order valence-corrected chi connectivity index (χ1v) is 6.08. The SMILES string of the molecule is CCCc1nc(Cl)cc(Cc2ccccn2)n1. The largest absolute Gasteiger partial charge is 0.261 e. The zero-order valence-corrected chi connectivity index (χ0v) is 10.5. The van der Waals surface area contributed by atoms with Gasteiger partial charge >= 0.3 is 0 Å². The Kier molecular flexibility index (Phi) is 4.04. The Morgan fingerprint density at radius 2 is 2.06 bits per heavy atom. The van der Waals surface area contributed by atoms with E-state index in [1.807, 2.05) is 18.2 Å². The van der Waals surface area contributed by atoms with Crippen LogP contribution in [0.1, 0.15) is 30.6 Å². The minimum atomic E-state index is 0.509. The summed E-state index contributed by atoms with van der Waals surface area (Å²) in [6.07, 6.45) is 4.35. The topological polar surface area (TPSA) is 38.7 Å². The highest BCUT2D eigenvalue weighted by atomic mass is 35.5. The van der Waals surface area contributed by atoms with Gasteiger partial charge in [0.05, 0.1) is 5.69 Å². The molecule has 0 amide bonds. The molecule has 0 aromatic carbocycles. The van der Waals surface area contributed by atoms with E-state index in [4.69, 9.17) is 11.6 Å². The summed E-state index contributed by atoms with van der Waals surface area (Å²) in [6, 6.07) is 7.65. The first kappa shape index (κ1) is 12.0. The number of aromatic nitrogens is 3. The Labute approximate surface area is 106 Å². The minimum absolute atomic E-state index is 0.509. The molecular formula is C13H14ClN3. The summed E-state index contributed by atoms with van der Waals surface area (Å²) in [4.78, 5) is 13.0. The lowest BCUT2D eigenvalue weighted by Crippen LogP contribution is -2.01. The zero-order valence-electron chi connectivity index (χ0n) is 9.73. The van der Waals surface area contributed by atoms with Gasteiger partial charge in [0.1, 0.15) is 11.0 Å². The molecule has 0 aliphatic heterocycles. The van der Waals surface area contributed by atoms with Crippen molar-refractivity contribution >= 4 is 11.6 Å². The summed E-state index contributed by atoms with van der Waals surface area (Å²) in [7, 11) is 0. The van der Waals surface area contributed by atoms with E-state index in [1.165, 1.54) is 0 Å². The number of pyridine rings is 1. The normalized spacial score (nSPS) is 10.5. The van der Waals surface area contributed by atoms with E-state index >= 15 is 0 Å². The second kappa shape index (κ2) is 5.73. The van der Waals surface area contributed by atoms with Gasteiger partial charge in [0.2, 0.25) is 0 Å². The number of nitrogens with zero attached hydrogens (tertiary/aromatic N) is 3. The number of halogens is 1. The smallest absolute Gasteiger partial charge is 0.133 e. The third-order valence-corrected chi connectivity index (χ3v) is 2.55. The first-order valence-electron chi connectivity index (χ1n) is 5.70. The summed E-state index contributed by atoms with van der Waals surface area (Å²) in [5.74, 6) is 0.811. The second-order valence-corrected chi connectivity index (χ2v) is 4.23. The molecule has 0 fully saturated rings. The van der Waals surface area contributed by atoms with Crippen molar-refractivity contribution in [2.24, 2.45) is 0 Å². The van der Waals surface area contributed by atoms with Crippen molar-refractivity contribution in [2.45, 2.75) is 26.2 Å². The lowest BCUT2D eigenvalue weighted by Gasteiger charge is -2.04. The molecule has 2 rings (SSSR count). The van der Waals surface area contributed by atoms with E-state index in [9.17, 15) is 0 Å². The second-order valence-electron chi connectivity index (χ2n) is 3.85. The molecule has 17 heavy (non-hydrogen) atoms. The standard InChI is InChI=1S/C13H14ClN3/c1-2-5-13-16-11(9-12(14)17-13)8-10-6-3-4-7-15-10/h3-4,6-7,9H,2,5,8H2,1H3. The average molecular weight is 248 g/mol. The molecule has 0 bridgehead atoms. The molecular weight excluding hydrogens is 234 g/mol. The van der Waals surface area contributed by atoms with Crippen LogP contribution in [-0.4, -0.2) is 15.0 Å². The molecule has 4 heteroatoms. The lowest BCUT2D eigenvalue weighted by atomic mass is 10.2. The maximum absolute atomic E-state index is 5.98. The van der Waals surface area contributed by atoms with E-state index in [0.29, 0.717) is 11.6 Å². The summed E-state index contributed by atoms with van der Waals surface area (Å²) >= 11 is 5.98. The van der Waals surface area contributed by atoms with Crippen molar-refractivity contribution in [1.29, 1.82) is 0 Å². The fourth-order valence-electron chi connectivity index (χ4n) is 1.63. The fourth-order valence-corrected chi connectivity index (χ4v) is 1.85. The van der Waals surface area contributed by atoms with Crippen LogP contribution < -0.4 is 0 Å².